The number of nitriles is 1. The van der Waals surface area contributed by atoms with Crippen molar-refractivity contribution in [3.05, 3.63) is 89.2 Å². The molecule has 2 aromatic carbocycles. The van der Waals surface area contributed by atoms with Gasteiger partial charge in [-0.05, 0) is 35.6 Å². The summed E-state index contributed by atoms with van der Waals surface area (Å²) in [5, 5.41) is 21.6. The van der Waals surface area contributed by atoms with E-state index in [-0.39, 0.29) is 11.8 Å². The second kappa shape index (κ2) is 6.58. The predicted molar refractivity (Wildman–Crippen MR) is 111 cm³/mol. The third kappa shape index (κ3) is 2.28. The number of hydrogen-bond donors (Lipinski definition) is 1. The first kappa shape index (κ1) is 18.7. The highest BCUT2D eigenvalue weighted by molar-refractivity contribution is 5.58. The molecule has 5 heteroatoms. The number of nitrogens with zero attached hydrogens (tertiary/aromatic N) is 2. The van der Waals surface area contributed by atoms with E-state index in [0.29, 0.717) is 29.0 Å². The van der Waals surface area contributed by atoms with Crippen LogP contribution in [0.5, 0.6) is 11.5 Å². The summed E-state index contributed by atoms with van der Waals surface area (Å²) < 4.78 is 12.3. The molecule has 150 valence electrons. The molecule has 0 saturated heterocycles. The van der Waals surface area contributed by atoms with Gasteiger partial charge in [0.05, 0.1) is 36.7 Å². The summed E-state index contributed by atoms with van der Waals surface area (Å²) in [4.78, 5) is 4.25. The molecule has 2 heterocycles. The number of hydrogen-bond acceptors (Lipinski definition) is 5. The lowest BCUT2D eigenvalue weighted by Gasteiger charge is -2.40. The molecule has 1 fully saturated rings. The van der Waals surface area contributed by atoms with Crippen LogP contribution in [-0.2, 0) is 11.2 Å². The summed E-state index contributed by atoms with van der Waals surface area (Å²) in [6.07, 6.45) is 3.78. The number of pyridine rings is 1. The van der Waals surface area contributed by atoms with Crippen LogP contribution in [0.1, 0.15) is 41.5 Å². The number of ether oxygens (including phenoxy) is 2. The Hall–Kier alpha value is -3.36. The fourth-order valence-corrected chi connectivity index (χ4v) is 5.56. The van der Waals surface area contributed by atoms with Gasteiger partial charge in [-0.15, -0.1) is 0 Å². The maximum atomic E-state index is 12.3. The number of rotatable bonds is 3. The van der Waals surface area contributed by atoms with E-state index < -0.39 is 11.2 Å². The van der Waals surface area contributed by atoms with E-state index in [1.807, 2.05) is 30.3 Å². The van der Waals surface area contributed by atoms with E-state index in [1.54, 1.807) is 31.6 Å². The molecule has 30 heavy (non-hydrogen) atoms. The van der Waals surface area contributed by atoms with Gasteiger partial charge < -0.3 is 14.6 Å². The minimum atomic E-state index is -1.30. The van der Waals surface area contributed by atoms with Crippen molar-refractivity contribution in [2.75, 3.05) is 7.11 Å². The van der Waals surface area contributed by atoms with Crippen LogP contribution >= 0.6 is 0 Å². The highest BCUT2D eigenvalue weighted by Gasteiger charge is 2.71. The summed E-state index contributed by atoms with van der Waals surface area (Å²) in [7, 11) is 1.58. The predicted octanol–water partition coefficient (Wildman–Crippen LogP) is 4.26. The molecule has 1 aliphatic heterocycles. The molecule has 1 N–H and O–H groups in total. The smallest absolute Gasteiger partial charge is 0.174 e. The molecule has 1 unspecified atom stereocenters. The van der Waals surface area contributed by atoms with E-state index in [9.17, 15) is 10.4 Å². The van der Waals surface area contributed by atoms with Crippen LogP contribution in [0.25, 0.3) is 0 Å². The molecule has 0 radical (unpaired) electrons. The van der Waals surface area contributed by atoms with Crippen molar-refractivity contribution in [2.24, 2.45) is 5.92 Å². The Balaban J connectivity index is 1.81. The van der Waals surface area contributed by atoms with Gasteiger partial charge in [0.25, 0.3) is 0 Å². The minimum absolute atomic E-state index is 0.103. The van der Waals surface area contributed by atoms with Crippen molar-refractivity contribution >= 4 is 0 Å². The van der Waals surface area contributed by atoms with Crippen LogP contribution in [0.15, 0.2) is 67.0 Å². The largest absolute Gasteiger partial charge is 0.495 e. The van der Waals surface area contributed by atoms with E-state index in [2.05, 4.69) is 30.1 Å². The van der Waals surface area contributed by atoms with E-state index >= 15 is 0 Å². The molecular formula is C25H22N2O3. The molecule has 1 aromatic heterocycles. The molecule has 5 rings (SSSR count). The summed E-state index contributed by atoms with van der Waals surface area (Å²) in [5.41, 5.74) is 0.793. The summed E-state index contributed by atoms with van der Waals surface area (Å²) in [6, 6.07) is 19.7. The van der Waals surface area contributed by atoms with Gasteiger partial charge in [-0.25, -0.2) is 0 Å². The Morgan fingerprint density at radius 3 is 2.53 bits per heavy atom. The van der Waals surface area contributed by atoms with Crippen molar-refractivity contribution in [1.29, 1.82) is 5.26 Å². The maximum absolute atomic E-state index is 12.3. The van der Waals surface area contributed by atoms with Crippen molar-refractivity contribution in [3.8, 4) is 17.6 Å². The van der Waals surface area contributed by atoms with Crippen LogP contribution < -0.4 is 9.47 Å². The van der Waals surface area contributed by atoms with Crippen LogP contribution in [-0.4, -0.2) is 17.2 Å². The van der Waals surface area contributed by atoms with Gasteiger partial charge in [-0.3, -0.25) is 4.98 Å². The van der Waals surface area contributed by atoms with Crippen molar-refractivity contribution in [3.63, 3.8) is 0 Å². The third-order valence-electron chi connectivity index (χ3n) is 6.62. The van der Waals surface area contributed by atoms with Crippen molar-refractivity contribution in [1.82, 2.24) is 4.98 Å². The van der Waals surface area contributed by atoms with Gasteiger partial charge in [0.15, 0.2) is 5.60 Å². The van der Waals surface area contributed by atoms with E-state index in [0.717, 1.165) is 11.1 Å². The second-order valence-electron chi connectivity index (χ2n) is 8.17. The van der Waals surface area contributed by atoms with Crippen molar-refractivity contribution in [2.45, 2.75) is 30.5 Å². The van der Waals surface area contributed by atoms with Crippen molar-refractivity contribution < 1.29 is 14.6 Å². The molecule has 1 saturated carbocycles. The fraction of sp³-hybridized carbons (Fsp3) is 0.280. The highest BCUT2D eigenvalue weighted by atomic mass is 16.5. The van der Waals surface area contributed by atoms with Gasteiger partial charge in [0.1, 0.15) is 17.1 Å². The Kier molecular flexibility index (Phi) is 4.09. The van der Waals surface area contributed by atoms with E-state index in [1.165, 1.54) is 0 Å². The molecule has 0 spiro atoms. The standard InChI is InChI=1S/C25H22N2O3/c1-16-12-24(28)23-20(29-2)14-27-15-21(23)30-25(24,19-10-8-17(13-26)9-11-19)22(16)18-6-4-3-5-7-18/h3-11,14-16,22,28H,12H2,1-2H3/t16?,22-,24+,25-/m0/s1. The zero-order valence-electron chi connectivity index (χ0n) is 16.9. The zero-order valence-corrected chi connectivity index (χ0v) is 16.9. The summed E-state index contributed by atoms with van der Waals surface area (Å²) in [5.74, 6) is 1.09. The Bertz CT molecular complexity index is 1140. The van der Waals surface area contributed by atoms with Crippen LogP contribution in [0.3, 0.4) is 0 Å². The van der Waals surface area contributed by atoms with Gasteiger partial charge in [0.2, 0.25) is 0 Å². The minimum Gasteiger partial charge on any atom is -0.495 e. The maximum Gasteiger partial charge on any atom is 0.174 e. The number of fused-ring (bicyclic) bond motifs is 3. The Morgan fingerprint density at radius 1 is 1.13 bits per heavy atom. The monoisotopic (exact) mass is 398 g/mol. The lowest BCUT2D eigenvalue weighted by molar-refractivity contribution is -0.106. The Morgan fingerprint density at radius 2 is 1.87 bits per heavy atom. The first-order valence-electron chi connectivity index (χ1n) is 10.0. The highest BCUT2D eigenvalue weighted by Crippen LogP contribution is 2.69. The first-order chi connectivity index (χ1) is 14.5. The molecule has 5 nitrogen and oxygen atoms in total. The van der Waals surface area contributed by atoms with Gasteiger partial charge in [-0.2, -0.15) is 5.26 Å². The fourth-order valence-electron chi connectivity index (χ4n) is 5.56. The molecule has 1 aliphatic carbocycles. The lowest BCUT2D eigenvalue weighted by Crippen LogP contribution is -2.48. The SMILES string of the molecule is COc1cncc2c1[C@]1(O)CC(C)[C@@H](c3ccccc3)[C@]1(c1ccc(C#N)cc1)O2. The summed E-state index contributed by atoms with van der Waals surface area (Å²) in [6.45, 7) is 2.15. The molecule has 0 amide bonds. The zero-order chi connectivity index (χ0) is 20.9. The number of methoxy groups -OCH3 is 1. The van der Waals surface area contributed by atoms with Crippen LogP contribution in [0.4, 0.5) is 0 Å². The lowest BCUT2D eigenvalue weighted by atomic mass is 9.71. The normalized spacial score (nSPS) is 28.9. The van der Waals surface area contributed by atoms with E-state index in [4.69, 9.17) is 9.47 Å². The second-order valence-corrected chi connectivity index (χ2v) is 8.17. The Labute approximate surface area is 175 Å². The summed E-state index contributed by atoms with van der Waals surface area (Å²) >= 11 is 0. The van der Waals surface area contributed by atoms with Crippen LogP contribution in [0.2, 0.25) is 0 Å². The quantitative estimate of drug-likeness (QED) is 0.713. The molecular weight excluding hydrogens is 376 g/mol. The number of aromatic nitrogens is 1. The number of aliphatic hydroxyl groups is 1. The molecule has 0 bridgehead atoms. The average molecular weight is 398 g/mol. The molecule has 4 atom stereocenters. The van der Waals surface area contributed by atoms with Gasteiger partial charge >= 0.3 is 0 Å². The molecule has 3 aromatic rings. The average Bonchev–Trinajstić information content (AvgIpc) is 3.16. The molecule has 2 aliphatic rings. The topological polar surface area (TPSA) is 75.4 Å². The third-order valence-corrected chi connectivity index (χ3v) is 6.62. The number of benzene rings is 2. The van der Waals surface area contributed by atoms with Gasteiger partial charge in [0, 0.05) is 5.92 Å². The first-order valence-corrected chi connectivity index (χ1v) is 10.0. The van der Waals surface area contributed by atoms with Crippen LogP contribution in [0, 0.1) is 17.2 Å². The van der Waals surface area contributed by atoms with Gasteiger partial charge in [-0.1, -0.05) is 49.4 Å².